The third-order valence-corrected chi connectivity index (χ3v) is 4.66. The average molecular weight is 325 g/mol. The maximum atomic E-state index is 13.2. The van der Waals surface area contributed by atoms with Crippen LogP contribution >= 0.6 is 0 Å². The van der Waals surface area contributed by atoms with Gasteiger partial charge in [0.15, 0.2) is 5.82 Å². The highest BCUT2D eigenvalue weighted by molar-refractivity contribution is 5.98. The molecule has 6 heteroatoms. The molecule has 1 unspecified atom stereocenters. The second-order valence-electron chi connectivity index (χ2n) is 6.34. The predicted molar refractivity (Wildman–Crippen MR) is 92.3 cm³/mol. The van der Waals surface area contributed by atoms with E-state index in [9.17, 15) is 4.79 Å². The first-order chi connectivity index (χ1) is 11.6. The molecule has 1 saturated heterocycles. The number of carbonyl (C=O) groups is 1. The third kappa shape index (κ3) is 3.14. The van der Waals surface area contributed by atoms with E-state index in [0.29, 0.717) is 29.5 Å². The minimum absolute atomic E-state index is 0.0538. The molecule has 0 radical (unpaired) electrons. The molecule has 2 atom stereocenters. The van der Waals surface area contributed by atoms with Crippen molar-refractivity contribution in [2.45, 2.75) is 32.7 Å². The first-order valence-electron chi connectivity index (χ1n) is 8.38. The fraction of sp³-hybridized carbons (Fsp3) is 0.444. The Kier molecular flexibility index (Phi) is 4.85. The van der Waals surface area contributed by atoms with Crippen molar-refractivity contribution in [3.63, 3.8) is 0 Å². The van der Waals surface area contributed by atoms with Gasteiger partial charge in [0.2, 0.25) is 0 Å². The van der Waals surface area contributed by atoms with Gasteiger partial charge in [-0.25, -0.2) is 15.0 Å². The lowest BCUT2D eigenvalue weighted by Crippen LogP contribution is -2.51. The quantitative estimate of drug-likeness (QED) is 0.933. The lowest BCUT2D eigenvalue weighted by molar-refractivity contribution is 0.0527. The Labute approximate surface area is 142 Å². The highest BCUT2D eigenvalue weighted by atomic mass is 16.2. The molecule has 0 aromatic carbocycles. The van der Waals surface area contributed by atoms with Gasteiger partial charge in [-0.2, -0.15) is 0 Å². The fourth-order valence-corrected chi connectivity index (χ4v) is 3.34. The molecule has 3 heterocycles. The lowest BCUT2D eigenvalue weighted by atomic mass is 9.90. The van der Waals surface area contributed by atoms with E-state index in [1.54, 1.807) is 18.5 Å². The molecule has 1 aliphatic rings. The topological polar surface area (TPSA) is 85.0 Å². The van der Waals surface area contributed by atoms with Crippen LogP contribution in [0.5, 0.6) is 0 Å². The summed E-state index contributed by atoms with van der Waals surface area (Å²) in [6.07, 6.45) is 5.43. The normalized spacial score (nSPS) is 20.9. The van der Waals surface area contributed by atoms with Crippen molar-refractivity contribution < 1.29 is 4.79 Å². The van der Waals surface area contributed by atoms with E-state index in [0.717, 1.165) is 25.1 Å². The van der Waals surface area contributed by atoms with E-state index >= 15 is 0 Å². The van der Waals surface area contributed by atoms with Gasteiger partial charge in [-0.3, -0.25) is 4.79 Å². The number of aromatic nitrogens is 3. The number of amides is 1. The molecule has 24 heavy (non-hydrogen) atoms. The van der Waals surface area contributed by atoms with Gasteiger partial charge in [0.05, 0.1) is 5.56 Å². The van der Waals surface area contributed by atoms with Crippen LogP contribution in [0.4, 0.5) is 0 Å². The van der Waals surface area contributed by atoms with Crippen LogP contribution in [-0.2, 0) is 0 Å². The second-order valence-corrected chi connectivity index (χ2v) is 6.34. The molecule has 3 rings (SSSR count). The van der Waals surface area contributed by atoms with Crippen LogP contribution in [0, 0.1) is 12.8 Å². The Balaban J connectivity index is 2.02. The van der Waals surface area contributed by atoms with Crippen molar-refractivity contribution in [1.82, 2.24) is 19.9 Å². The van der Waals surface area contributed by atoms with Crippen molar-refractivity contribution in [2.24, 2.45) is 11.7 Å². The van der Waals surface area contributed by atoms with Crippen LogP contribution in [-0.4, -0.2) is 44.9 Å². The Morgan fingerprint density at radius 2 is 2.08 bits per heavy atom. The molecule has 126 valence electrons. The predicted octanol–water partition coefficient (Wildman–Crippen LogP) is 2.05. The van der Waals surface area contributed by atoms with Gasteiger partial charge in [0.25, 0.3) is 5.91 Å². The monoisotopic (exact) mass is 325 g/mol. The minimum atomic E-state index is -0.0804. The van der Waals surface area contributed by atoms with Crippen LogP contribution in [0.2, 0.25) is 0 Å². The number of rotatable bonds is 3. The van der Waals surface area contributed by atoms with Gasteiger partial charge in [-0.05, 0) is 43.9 Å². The minimum Gasteiger partial charge on any atom is -0.333 e. The number of carbonyl (C=O) groups excluding carboxylic acids is 1. The average Bonchev–Trinajstić information content (AvgIpc) is 2.61. The molecular formula is C18H23N5O. The zero-order valence-electron chi connectivity index (χ0n) is 14.1. The summed E-state index contributed by atoms with van der Waals surface area (Å²) >= 11 is 0. The van der Waals surface area contributed by atoms with Gasteiger partial charge in [-0.15, -0.1) is 0 Å². The molecule has 0 bridgehead atoms. The summed E-state index contributed by atoms with van der Waals surface area (Å²) in [5.74, 6) is 0.833. The molecule has 1 aliphatic heterocycles. The first-order valence-corrected chi connectivity index (χ1v) is 8.38. The van der Waals surface area contributed by atoms with Gasteiger partial charge >= 0.3 is 0 Å². The number of aryl methyl sites for hydroxylation is 1. The van der Waals surface area contributed by atoms with Gasteiger partial charge in [-0.1, -0.05) is 6.92 Å². The van der Waals surface area contributed by atoms with Crippen LogP contribution in [0.15, 0.2) is 30.6 Å². The summed E-state index contributed by atoms with van der Waals surface area (Å²) in [6.45, 7) is 5.22. The zero-order valence-corrected chi connectivity index (χ0v) is 14.1. The Morgan fingerprint density at radius 1 is 1.33 bits per heavy atom. The molecule has 0 spiro atoms. The summed E-state index contributed by atoms with van der Waals surface area (Å²) in [7, 11) is 0. The van der Waals surface area contributed by atoms with Gasteiger partial charge < -0.3 is 10.6 Å². The summed E-state index contributed by atoms with van der Waals surface area (Å²) in [5.41, 5.74) is 7.82. The van der Waals surface area contributed by atoms with E-state index in [-0.39, 0.29) is 11.9 Å². The zero-order chi connectivity index (χ0) is 17.1. The van der Waals surface area contributed by atoms with E-state index < -0.39 is 0 Å². The summed E-state index contributed by atoms with van der Waals surface area (Å²) in [6, 6.07) is 5.55. The number of pyridine rings is 1. The van der Waals surface area contributed by atoms with Crippen molar-refractivity contribution in [3.05, 3.63) is 42.0 Å². The highest BCUT2D eigenvalue weighted by Gasteiger charge is 2.33. The Hall–Kier alpha value is -2.34. The first kappa shape index (κ1) is 16.5. The van der Waals surface area contributed by atoms with E-state index in [1.165, 1.54) is 0 Å². The second kappa shape index (κ2) is 7.05. The molecule has 0 aliphatic carbocycles. The smallest absolute Gasteiger partial charge is 0.273 e. The molecule has 2 N–H and O–H groups in total. The number of hydrogen-bond acceptors (Lipinski definition) is 5. The van der Waals surface area contributed by atoms with Crippen molar-refractivity contribution >= 4 is 5.91 Å². The van der Waals surface area contributed by atoms with E-state index in [4.69, 9.17) is 5.73 Å². The fourth-order valence-electron chi connectivity index (χ4n) is 3.34. The number of hydrogen-bond donors (Lipinski definition) is 1. The van der Waals surface area contributed by atoms with E-state index in [2.05, 4.69) is 21.9 Å². The summed E-state index contributed by atoms with van der Waals surface area (Å²) < 4.78 is 0. The van der Waals surface area contributed by atoms with Crippen LogP contribution in [0.3, 0.4) is 0 Å². The summed E-state index contributed by atoms with van der Waals surface area (Å²) in [5, 5.41) is 0. The maximum absolute atomic E-state index is 13.2. The molecule has 6 nitrogen and oxygen atoms in total. The molecule has 0 saturated carbocycles. The molecule has 2 aromatic rings. The molecule has 1 amide bonds. The largest absolute Gasteiger partial charge is 0.333 e. The number of piperidine rings is 1. The van der Waals surface area contributed by atoms with Gasteiger partial charge in [0.1, 0.15) is 5.69 Å². The Bertz CT molecular complexity index is 719. The number of nitrogens with two attached hydrogens (primary N) is 1. The van der Waals surface area contributed by atoms with E-state index in [1.807, 2.05) is 24.0 Å². The van der Waals surface area contributed by atoms with Crippen LogP contribution in [0.1, 0.15) is 35.9 Å². The molecule has 2 aromatic heterocycles. The number of likely N-dealkylation sites (tertiary alicyclic amines) is 1. The number of nitrogens with zero attached hydrogens (tertiary/aromatic N) is 4. The molecular weight excluding hydrogens is 302 g/mol. The van der Waals surface area contributed by atoms with Gasteiger partial charge in [0, 0.05) is 37.2 Å². The maximum Gasteiger partial charge on any atom is 0.273 e. The van der Waals surface area contributed by atoms with Crippen molar-refractivity contribution in [1.29, 1.82) is 0 Å². The lowest BCUT2D eigenvalue weighted by Gasteiger charge is -2.39. The standard InChI is InChI=1S/C18H23N5O/c1-12-5-3-10-23(15(12)11-19)18(24)16-14(7-6-13(2)22-16)17-20-8-4-9-21-17/h4,6-9,12,15H,3,5,10-11,19H2,1-2H3/t12-,15?/m1/s1. The van der Waals surface area contributed by atoms with Crippen molar-refractivity contribution in [3.8, 4) is 11.4 Å². The highest BCUT2D eigenvalue weighted by Crippen LogP contribution is 2.27. The molecule has 1 fully saturated rings. The van der Waals surface area contributed by atoms with Crippen LogP contribution < -0.4 is 5.73 Å². The SMILES string of the molecule is Cc1ccc(-c2ncccn2)c(C(=O)N2CCC[C@@H](C)C2CN)n1. The third-order valence-electron chi connectivity index (χ3n) is 4.66. The van der Waals surface area contributed by atoms with Crippen molar-refractivity contribution in [2.75, 3.05) is 13.1 Å². The Morgan fingerprint density at radius 3 is 2.79 bits per heavy atom. The van der Waals surface area contributed by atoms with Crippen LogP contribution in [0.25, 0.3) is 11.4 Å². The summed E-state index contributed by atoms with van der Waals surface area (Å²) in [4.78, 5) is 28.1.